The van der Waals surface area contributed by atoms with Crippen LogP contribution in [0.1, 0.15) is 0 Å². The highest BCUT2D eigenvalue weighted by atomic mass is 32.2. The van der Waals surface area contributed by atoms with Crippen molar-refractivity contribution in [3.05, 3.63) is 101 Å². The van der Waals surface area contributed by atoms with Gasteiger partial charge in [0.25, 0.3) is 5.69 Å². The molecule has 0 spiro atoms. The third kappa shape index (κ3) is 5.39. The van der Waals surface area contributed by atoms with E-state index in [-0.39, 0.29) is 16.3 Å². The largest absolute Gasteiger partial charge is 0.379 e. The van der Waals surface area contributed by atoms with Crippen LogP contribution in [0.5, 0.6) is 5.75 Å². The van der Waals surface area contributed by atoms with E-state index >= 15 is 0 Å². The molecule has 3 N–H and O–H groups in total. The second-order valence-corrected chi connectivity index (χ2v) is 9.31. The van der Waals surface area contributed by atoms with Gasteiger partial charge in [0.2, 0.25) is 0 Å². The van der Waals surface area contributed by atoms with Crippen LogP contribution in [0.15, 0.2) is 106 Å². The number of nitrogens with zero attached hydrogens (tertiary/aromatic N) is 5. The number of benzene rings is 3. The number of hydrogen-bond donors (Lipinski definition) is 3. The second kappa shape index (κ2) is 10.3. The van der Waals surface area contributed by atoms with Gasteiger partial charge in [-0.05, 0) is 42.0 Å². The number of nitrogens with one attached hydrogen (secondary N) is 3. The van der Waals surface area contributed by atoms with Gasteiger partial charge in [0.15, 0.2) is 11.6 Å². The molecule has 0 aliphatic rings. The van der Waals surface area contributed by atoms with E-state index < -0.39 is 20.7 Å². The number of aromatic amines is 2. The highest BCUT2D eigenvalue weighted by Gasteiger charge is 2.23. The molecule has 0 unspecified atom stereocenters. The highest BCUT2D eigenvalue weighted by Crippen LogP contribution is 2.33. The first kappa shape index (κ1) is 24.3. The standard InChI is InChI=1S/C24H18N8O5S/c33-32(34)22-14-19(38(35,36)37-18-4-2-1-3-5-18)10-11-21(22)27-17-8-6-16(7-9-17)20-15-26-30-24(20)31-29-23-12-13-25-28-23/h1-15,27H,(H,25,28)(H,26,30). The summed E-state index contributed by atoms with van der Waals surface area (Å²) in [5.41, 5.74) is 1.69. The molecule has 13 nitrogen and oxygen atoms in total. The molecular weight excluding hydrogens is 512 g/mol. The molecule has 0 amide bonds. The van der Waals surface area contributed by atoms with Crippen molar-refractivity contribution in [3.63, 3.8) is 0 Å². The van der Waals surface area contributed by atoms with Crippen molar-refractivity contribution < 1.29 is 17.5 Å². The van der Waals surface area contributed by atoms with Gasteiger partial charge < -0.3 is 9.50 Å². The van der Waals surface area contributed by atoms with Crippen LogP contribution in [0.25, 0.3) is 11.1 Å². The maximum atomic E-state index is 12.6. The Kier molecular flexibility index (Phi) is 6.61. The van der Waals surface area contributed by atoms with Crippen molar-refractivity contribution in [1.82, 2.24) is 20.4 Å². The van der Waals surface area contributed by atoms with E-state index in [2.05, 4.69) is 35.9 Å². The lowest BCUT2D eigenvalue weighted by Crippen LogP contribution is -2.10. The molecule has 38 heavy (non-hydrogen) atoms. The van der Waals surface area contributed by atoms with Crippen molar-refractivity contribution in [2.75, 3.05) is 5.32 Å². The van der Waals surface area contributed by atoms with Crippen molar-refractivity contribution >= 4 is 38.8 Å². The predicted molar refractivity (Wildman–Crippen MR) is 137 cm³/mol. The summed E-state index contributed by atoms with van der Waals surface area (Å²) >= 11 is 0. The van der Waals surface area contributed by atoms with Gasteiger partial charge in [0.1, 0.15) is 16.3 Å². The van der Waals surface area contributed by atoms with Crippen LogP contribution in [-0.4, -0.2) is 33.7 Å². The number of anilines is 2. The first-order chi connectivity index (χ1) is 18.4. The van der Waals surface area contributed by atoms with Crippen molar-refractivity contribution in [1.29, 1.82) is 0 Å². The fourth-order valence-corrected chi connectivity index (χ4v) is 4.39. The van der Waals surface area contributed by atoms with Crippen LogP contribution < -0.4 is 9.50 Å². The molecule has 0 radical (unpaired) electrons. The Morgan fingerprint density at radius 2 is 1.71 bits per heavy atom. The van der Waals surface area contributed by atoms with E-state index in [9.17, 15) is 18.5 Å². The quantitative estimate of drug-likeness (QED) is 0.0947. The molecule has 14 heteroatoms. The van der Waals surface area contributed by atoms with Gasteiger partial charge in [0.05, 0.1) is 17.3 Å². The van der Waals surface area contributed by atoms with E-state index in [4.69, 9.17) is 4.18 Å². The van der Waals surface area contributed by atoms with E-state index in [1.165, 1.54) is 24.3 Å². The molecule has 0 atom stereocenters. The zero-order valence-electron chi connectivity index (χ0n) is 19.3. The number of para-hydroxylation sites is 1. The molecule has 5 aromatic rings. The molecule has 2 aromatic heterocycles. The number of H-pyrrole nitrogens is 2. The molecule has 0 aliphatic carbocycles. The molecule has 0 fully saturated rings. The molecule has 5 rings (SSSR count). The van der Waals surface area contributed by atoms with E-state index in [1.54, 1.807) is 60.9 Å². The Labute approximate surface area is 215 Å². The number of azo groups is 1. The van der Waals surface area contributed by atoms with Gasteiger partial charge in [-0.25, -0.2) is 0 Å². The summed E-state index contributed by atoms with van der Waals surface area (Å²) < 4.78 is 30.4. The highest BCUT2D eigenvalue weighted by molar-refractivity contribution is 7.87. The minimum absolute atomic E-state index is 0.0982. The van der Waals surface area contributed by atoms with Gasteiger partial charge in [-0.2, -0.15) is 18.6 Å². The second-order valence-electron chi connectivity index (χ2n) is 7.76. The predicted octanol–water partition coefficient (Wildman–Crippen LogP) is 5.63. The van der Waals surface area contributed by atoms with Crippen LogP contribution in [0.4, 0.5) is 28.7 Å². The number of rotatable bonds is 9. The zero-order valence-corrected chi connectivity index (χ0v) is 20.2. The minimum Gasteiger partial charge on any atom is -0.379 e. The molecule has 0 saturated heterocycles. The fraction of sp³-hybridized carbons (Fsp3) is 0. The van der Waals surface area contributed by atoms with Gasteiger partial charge >= 0.3 is 10.1 Å². The summed E-state index contributed by atoms with van der Waals surface area (Å²) in [7, 11) is -4.28. The summed E-state index contributed by atoms with van der Waals surface area (Å²) in [5.74, 6) is 1.02. The molecule has 3 aromatic carbocycles. The summed E-state index contributed by atoms with van der Waals surface area (Å²) in [6.07, 6.45) is 3.16. The van der Waals surface area contributed by atoms with Gasteiger partial charge in [0, 0.05) is 23.4 Å². The Morgan fingerprint density at radius 1 is 0.921 bits per heavy atom. The monoisotopic (exact) mass is 530 g/mol. The van der Waals surface area contributed by atoms with Gasteiger partial charge in [-0.15, -0.1) is 10.2 Å². The summed E-state index contributed by atoms with van der Waals surface area (Å²) in [6, 6.07) is 20.0. The number of nitro benzene ring substituents is 1. The first-order valence-corrected chi connectivity index (χ1v) is 12.4. The summed E-state index contributed by atoms with van der Waals surface area (Å²) in [6.45, 7) is 0. The Bertz CT molecular complexity index is 1700. The SMILES string of the molecule is O=[N+]([O-])c1cc(S(=O)(=O)Oc2ccccc2)ccc1Nc1ccc(-c2cn[nH]c2N=Nc2ccn[nH]2)cc1. The molecule has 2 heterocycles. The normalized spacial score (nSPS) is 11.5. The molecule has 0 saturated carbocycles. The van der Waals surface area contributed by atoms with Gasteiger partial charge in [-0.1, -0.05) is 30.3 Å². The molecular formula is C24H18N8O5S. The third-order valence-corrected chi connectivity index (χ3v) is 6.48. The summed E-state index contributed by atoms with van der Waals surface area (Å²) in [5, 5.41) is 36.2. The Morgan fingerprint density at radius 3 is 2.42 bits per heavy atom. The molecule has 0 aliphatic heterocycles. The van der Waals surface area contributed by atoms with E-state index in [0.29, 0.717) is 22.9 Å². The fourth-order valence-electron chi connectivity index (χ4n) is 3.44. The molecule has 0 bridgehead atoms. The zero-order chi connectivity index (χ0) is 26.5. The van der Waals surface area contributed by atoms with Gasteiger partial charge in [-0.3, -0.25) is 20.3 Å². The van der Waals surface area contributed by atoms with Crippen molar-refractivity contribution in [3.8, 4) is 16.9 Å². The average molecular weight is 531 g/mol. The van der Waals surface area contributed by atoms with E-state index in [1.807, 2.05) is 0 Å². The maximum absolute atomic E-state index is 12.6. The smallest absolute Gasteiger partial charge is 0.339 e. The van der Waals surface area contributed by atoms with Crippen molar-refractivity contribution in [2.45, 2.75) is 4.90 Å². The Balaban J connectivity index is 1.35. The van der Waals surface area contributed by atoms with Crippen molar-refractivity contribution in [2.24, 2.45) is 10.2 Å². The average Bonchev–Trinajstić information content (AvgIpc) is 3.60. The van der Waals surface area contributed by atoms with Crippen LogP contribution in [0.2, 0.25) is 0 Å². The van der Waals surface area contributed by atoms with Crippen LogP contribution >= 0.6 is 0 Å². The number of aromatic nitrogens is 4. The topological polar surface area (TPSA) is 181 Å². The lowest BCUT2D eigenvalue weighted by atomic mass is 10.1. The first-order valence-electron chi connectivity index (χ1n) is 11.0. The van der Waals surface area contributed by atoms with Crippen LogP contribution in [0.3, 0.4) is 0 Å². The lowest BCUT2D eigenvalue weighted by molar-refractivity contribution is -0.384. The van der Waals surface area contributed by atoms with Crippen LogP contribution in [0, 0.1) is 10.1 Å². The Hall–Kier alpha value is -5.37. The lowest BCUT2D eigenvalue weighted by Gasteiger charge is -2.10. The van der Waals surface area contributed by atoms with Crippen LogP contribution in [-0.2, 0) is 10.1 Å². The summed E-state index contributed by atoms with van der Waals surface area (Å²) in [4.78, 5) is 10.7. The number of hydrogen-bond acceptors (Lipinski definition) is 10. The maximum Gasteiger partial charge on any atom is 0.339 e. The third-order valence-electron chi connectivity index (χ3n) is 5.24. The van der Waals surface area contributed by atoms with E-state index in [0.717, 1.165) is 11.6 Å². The molecule has 190 valence electrons. The minimum atomic E-state index is -4.28. The number of nitro groups is 1.